The summed E-state index contributed by atoms with van der Waals surface area (Å²) in [4.78, 5) is 13.4. The third-order valence-electron chi connectivity index (χ3n) is 3.76. The minimum Gasteiger partial charge on any atom is -0.467 e. The highest BCUT2D eigenvalue weighted by molar-refractivity contribution is 5.67. The molecule has 0 radical (unpaired) electrons. The van der Waals surface area contributed by atoms with Gasteiger partial charge in [-0.3, -0.25) is 4.98 Å². The Morgan fingerprint density at radius 3 is 2.44 bits per heavy atom. The zero-order chi connectivity index (χ0) is 16.9. The second-order valence-electron chi connectivity index (χ2n) is 5.50. The Labute approximate surface area is 145 Å². The largest absolute Gasteiger partial charge is 0.467 e. The Hall–Kier alpha value is -3.47. The lowest BCUT2D eigenvalue weighted by atomic mass is 10.1. The third kappa shape index (κ3) is 3.55. The van der Waals surface area contributed by atoms with Crippen LogP contribution < -0.4 is 5.32 Å². The van der Waals surface area contributed by atoms with Gasteiger partial charge >= 0.3 is 0 Å². The summed E-state index contributed by atoms with van der Waals surface area (Å²) in [6.45, 7) is 0.564. The molecule has 3 heterocycles. The predicted molar refractivity (Wildman–Crippen MR) is 96.7 cm³/mol. The number of nitrogens with one attached hydrogen (secondary N) is 1. The summed E-state index contributed by atoms with van der Waals surface area (Å²) >= 11 is 0. The summed E-state index contributed by atoms with van der Waals surface area (Å²) in [5, 5.41) is 3.31. The Bertz CT molecular complexity index is 880. The number of hydrogen-bond donors (Lipinski definition) is 1. The number of rotatable bonds is 5. The summed E-state index contributed by atoms with van der Waals surface area (Å²) < 4.78 is 5.37. The maximum Gasteiger partial charge on any atom is 0.162 e. The van der Waals surface area contributed by atoms with Crippen LogP contribution in [0.2, 0.25) is 0 Å². The van der Waals surface area contributed by atoms with E-state index in [4.69, 9.17) is 9.40 Å². The molecule has 4 rings (SSSR count). The highest BCUT2D eigenvalue weighted by atomic mass is 16.3. The van der Waals surface area contributed by atoms with Crippen LogP contribution in [0, 0.1) is 0 Å². The molecule has 0 aliphatic carbocycles. The van der Waals surface area contributed by atoms with Crippen LogP contribution in [-0.2, 0) is 6.54 Å². The highest BCUT2D eigenvalue weighted by Crippen LogP contribution is 2.24. The Morgan fingerprint density at radius 2 is 1.68 bits per heavy atom. The Balaban J connectivity index is 1.72. The molecule has 1 N–H and O–H groups in total. The molecule has 1 aromatic carbocycles. The Morgan fingerprint density at radius 1 is 0.840 bits per heavy atom. The summed E-state index contributed by atoms with van der Waals surface area (Å²) in [6.07, 6.45) is 5.18. The molecule has 5 heteroatoms. The van der Waals surface area contributed by atoms with Gasteiger partial charge in [-0.1, -0.05) is 30.3 Å². The normalized spacial score (nSPS) is 10.6. The van der Waals surface area contributed by atoms with E-state index >= 15 is 0 Å². The lowest BCUT2D eigenvalue weighted by molar-refractivity contribution is 0.518. The molecule has 0 aliphatic heterocycles. The van der Waals surface area contributed by atoms with Crippen molar-refractivity contribution in [2.45, 2.75) is 6.54 Å². The molecule has 0 spiro atoms. The first-order chi connectivity index (χ1) is 12.4. The lowest BCUT2D eigenvalue weighted by Gasteiger charge is -2.10. The molecule has 3 aromatic heterocycles. The fourth-order valence-electron chi connectivity index (χ4n) is 2.52. The molecule has 0 fully saturated rings. The molecule has 0 bridgehead atoms. The van der Waals surface area contributed by atoms with Crippen molar-refractivity contribution >= 4 is 5.82 Å². The SMILES string of the molecule is c1ccc(-c2nc(NCc3ccco3)cc(-c3ccncc3)n2)cc1. The maximum absolute atomic E-state index is 5.37. The molecule has 0 unspecified atom stereocenters. The van der Waals surface area contributed by atoms with Crippen molar-refractivity contribution in [2.75, 3.05) is 5.32 Å². The summed E-state index contributed by atoms with van der Waals surface area (Å²) in [7, 11) is 0. The minimum absolute atomic E-state index is 0.564. The molecule has 0 saturated carbocycles. The van der Waals surface area contributed by atoms with Gasteiger partial charge in [-0.05, 0) is 24.3 Å². The summed E-state index contributed by atoms with van der Waals surface area (Å²) in [5.41, 5.74) is 2.81. The lowest BCUT2D eigenvalue weighted by Crippen LogP contribution is -2.03. The zero-order valence-electron chi connectivity index (χ0n) is 13.5. The fourth-order valence-corrected chi connectivity index (χ4v) is 2.52. The molecule has 0 atom stereocenters. The van der Waals surface area contributed by atoms with Crippen LogP contribution in [0.4, 0.5) is 5.82 Å². The number of pyridine rings is 1. The number of hydrogen-bond acceptors (Lipinski definition) is 5. The molecule has 0 aliphatic rings. The Kier molecular flexibility index (Phi) is 4.20. The van der Waals surface area contributed by atoms with E-state index in [2.05, 4.69) is 15.3 Å². The van der Waals surface area contributed by atoms with Crippen LogP contribution in [0.5, 0.6) is 0 Å². The van der Waals surface area contributed by atoms with E-state index in [-0.39, 0.29) is 0 Å². The first-order valence-corrected chi connectivity index (χ1v) is 8.00. The van der Waals surface area contributed by atoms with E-state index in [1.807, 2.05) is 60.7 Å². The number of benzene rings is 1. The van der Waals surface area contributed by atoms with Crippen LogP contribution in [0.25, 0.3) is 22.6 Å². The number of aromatic nitrogens is 3. The van der Waals surface area contributed by atoms with Crippen molar-refractivity contribution in [1.29, 1.82) is 0 Å². The molecule has 4 aromatic rings. The smallest absolute Gasteiger partial charge is 0.162 e. The maximum atomic E-state index is 5.37. The van der Waals surface area contributed by atoms with E-state index in [1.54, 1.807) is 18.7 Å². The quantitative estimate of drug-likeness (QED) is 0.588. The van der Waals surface area contributed by atoms with Gasteiger partial charge < -0.3 is 9.73 Å². The first-order valence-electron chi connectivity index (χ1n) is 8.00. The van der Waals surface area contributed by atoms with E-state index in [9.17, 15) is 0 Å². The van der Waals surface area contributed by atoms with Gasteiger partial charge in [0, 0.05) is 29.6 Å². The molecule has 0 saturated heterocycles. The van der Waals surface area contributed by atoms with Gasteiger partial charge in [0.2, 0.25) is 0 Å². The van der Waals surface area contributed by atoms with Gasteiger partial charge in [0.1, 0.15) is 11.6 Å². The molecule has 122 valence electrons. The average Bonchev–Trinajstić information content (AvgIpc) is 3.21. The molecular formula is C20H16N4O. The standard InChI is InChI=1S/C20H16N4O/c1-2-5-16(6-3-1)20-23-18(15-8-10-21-11-9-15)13-19(24-20)22-14-17-7-4-12-25-17/h1-13H,14H2,(H,22,23,24). The van der Waals surface area contributed by atoms with Crippen LogP contribution >= 0.6 is 0 Å². The highest BCUT2D eigenvalue weighted by Gasteiger charge is 2.09. The topological polar surface area (TPSA) is 63.8 Å². The molecule has 5 nitrogen and oxygen atoms in total. The van der Waals surface area contributed by atoms with Crippen LogP contribution in [0.1, 0.15) is 5.76 Å². The zero-order valence-corrected chi connectivity index (χ0v) is 13.5. The average molecular weight is 328 g/mol. The van der Waals surface area contributed by atoms with Gasteiger partial charge in [-0.2, -0.15) is 0 Å². The molecular weight excluding hydrogens is 312 g/mol. The number of anilines is 1. The summed E-state index contributed by atoms with van der Waals surface area (Å²) in [5.74, 6) is 2.28. The van der Waals surface area contributed by atoms with E-state index in [0.29, 0.717) is 12.4 Å². The van der Waals surface area contributed by atoms with Gasteiger partial charge in [-0.25, -0.2) is 9.97 Å². The minimum atomic E-state index is 0.564. The van der Waals surface area contributed by atoms with Crippen molar-refractivity contribution < 1.29 is 4.42 Å². The van der Waals surface area contributed by atoms with Crippen LogP contribution in [-0.4, -0.2) is 15.0 Å². The van der Waals surface area contributed by atoms with Crippen molar-refractivity contribution in [1.82, 2.24) is 15.0 Å². The van der Waals surface area contributed by atoms with Gasteiger partial charge in [0.15, 0.2) is 5.82 Å². The van der Waals surface area contributed by atoms with Gasteiger partial charge in [0.25, 0.3) is 0 Å². The van der Waals surface area contributed by atoms with Crippen molar-refractivity contribution in [2.24, 2.45) is 0 Å². The second-order valence-corrected chi connectivity index (χ2v) is 5.50. The van der Waals surface area contributed by atoms with Crippen molar-refractivity contribution in [3.63, 3.8) is 0 Å². The number of nitrogens with zero attached hydrogens (tertiary/aromatic N) is 3. The van der Waals surface area contributed by atoms with Crippen molar-refractivity contribution in [3.8, 4) is 22.6 Å². The van der Waals surface area contributed by atoms with E-state index in [1.165, 1.54) is 0 Å². The van der Waals surface area contributed by atoms with E-state index in [0.717, 1.165) is 28.4 Å². The summed E-state index contributed by atoms with van der Waals surface area (Å²) in [6, 6.07) is 19.5. The van der Waals surface area contributed by atoms with Crippen LogP contribution in [0.3, 0.4) is 0 Å². The fraction of sp³-hybridized carbons (Fsp3) is 0.0500. The molecule has 0 amide bonds. The second kappa shape index (κ2) is 6.97. The number of furan rings is 1. The monoisotopic (exact) mass is 328 g/mol. The van der Waals surface area contributed by atoms with Gasteiger partial charge in [-0.15, -0.1) is 0 Å². The predicted octanol–water partition coefficient (Wildman–Crippen LogP) is 4.41. The van der Waals surface area contributed by atoms with Gasteiger partial charge in [0.05, 0.1) is 18.5 Å². The van der Waals surface area contributed by atoms with Crippen molar-refractivity contribution in [3.05, 3.63) is 85.1 Å². The third-order valence-corrected chi connectivity index (χ3v) is 3.76. The van der Waals surface area contributed by atoms with E-state index < -0.39 is 0 Å². The van der Waals surface area contributed by atoms with Crippen LogP contribution in [0.15, 0.2) is 83.7 Å². The first kappa shape index (κ1) is 15.1. The molecule has 25 heavy (non-hydrogen) atoms.